The van der Waals surface area contributed by atoms with Gasteiger partial charge in [0.2, 0.25) is 0 Å². The van der Waals surface area contributed by atoms with Gasteiger partial charge < -0.3 is 9.64 Å². The predicted octanol–water partition coefficient (Wildman–Crippen LogP) is 3.53. The van der Waals surface area contributed by atoms with Crippen molar-refractivity contribution in [2.45, 2.75) is 57.8 Å². The summed E-state index contributed by atoms with van der Waals surface area (Å²) in [6, 6.07) is 9.27. The quantitative estimate of drug-likeness (QED) is 0.650. The van der Waals surface area contributed by atoms with Gasteiger partial charge in [-0.2, -0.15) is 0 Å². The molecule has 6 heteroatoms. The van der Waals surface area contributed by atoms with Crippen LogP contribution in [0, 0.1) is 24.7 Å². The maximum absolute atomic E-state index is 6.52. The third-order valence-corrected chi connectivity index (χ3v) is 7.27. The van der Waals surface area contributed by atoms with E-state index in [-0.39, 0.29) is 6.10 Å². The minimum absolute atomic E-state index is 0.259. The fourth-order valence-corrected chi connectivity index (χ4v) is 5.56. The van der Waals surface area contributed by atoms with Crippen LogP contribution in [0.25, 0.3) is 0 Å². The molecule has 2 heterocycles. The van der Waals surface area contributed by atoms with Gasteiger partial charge in [-0.3, -0.25) is 4.90 Å². The van der Waals surface area contributed by atoms with Gasteiger partial charge in [-0.1, -0.05) is 35.0 Å². The number of hydrogen-bond acceptors (Lipinski definition) is 5. The molecule has 6 nitrogen and oxygen atoms in total. The number of aromatic nitrogens is 3. The summed E-state index contributed by atoms with van der Waals surface area (Å²) in [5.41, 5.74) is 3.82. The van der Waals surface area contributed by atoms with Gasteiger partial charge in [0.15, 0.2) is 0 Å². The van der Waals surface area contributed by atoms with Gasteiger partial charge in [-0.15, -0.1) is 5.10 Å². The van der Waals surface area contributed by atoms with Crippen molar-refractivity contribution in [1.29, 1.82) is 0 Å². The minimum Gasteiger partial charge on any atom is -0.376 e. The van der Waals surface area contributed by atoms with Crippen LogP contribution in [0.3, 0.4) is 0 Å². The van der Waals surface area contributed by atoms with Crippen LogP contribution in [-0.2, 0) is 17.8 Å². The van der Waals surface area contributed by atoms with E-state index >= 15 is 0 Å². The molecule has 0 unspecified atom stereocenters. The fourth-order valence-electron chi connectivity index (χ4n) is 5.56. The third-order valence-electron chi connectivity index (χ3n) is 7.27. The number of aryl methyl sites for hydroxylation is 1. The molecule has 3 aliphatic rings. The van der Waals surface area contributed by atoms with E-state index in [1.807, 2.05) is 0 Å². The molecule has 31 heavy (non-hydrogen) atoms. The van der Waals surface area contributed by atoms with E-state index in [9.17, 15) is 0 Å². The van der Waals surface area contributed by atoms with Crippen molar-refractivity contribution in [3.63, 3.8) is 0 Å². The smallest absolute Gasteiger partial charge is 0.0967 e. The third kappa shape index (κ3) is 5.18. The Labute approximate surface area is 186 Å². The summed E-state index contributed by atoms with van der Waals surface area (Å²) in [5, 5.41) is 8.99. The second-order valence-electron chi connectivity index (χ2n) is 10.5. The summed E-state index contributed by atoms with van der Waals surface area (Å²) in [4.78, 5) is 4.80. The molecule has 4 atom stereocenters. The highest BCUT2D eigenvalue weighted by molar-refractivity contribution is 5.22. The van der Waals surface area contributed by atoms with Crippen molar-refractivity contribution in [1.82, 2.24) is 24.8 Å². The second kappa shape index (κ2) is 9.00. The summed E-state index contributed by atoms with van der Waals surface area (Å²) in [5.74, 6) is 2.24. The van der Waals surface area contributed by atoms with Crippen LogP contribution in [0.4, 0.5) is 0 Å². The maximum Gasteiger partial charge on any atom is 0.0967 e. The van der Waals surface area contributed by atoms with Gasteiger partial charge in [0, 0.05) is 32.8 Å². The first-order chi connectivity index (χ1) is 15.0. The number of rotatable bonds is 8. The van der Waals surface area contributed by atoms with Crippen LogP contribution in [-0.4, -0.2) is 64.7 Å². The maximum atomic E-state index is 6.52. The van der Waals surface area contributed by atoms with Crippen molar-refractivity contribution in [3.05, 3.63) is 47.3 Å². The van der Waals surface area contributed by atoms with E-state index in [1.54, 1.807) is 0 Å². The molecule has 1 saturated heterocycles. The lowest BCUT2D eigenvalue weighted by Crippen LogP contribution is -2.38. The Morgan fingerprint density at radius 2 is 1.94 bits per heavy atom. The molecular formula is C25H37N5O. The first kappa shape index (κ1) is 21.1. The SMILES string of the molecule is Cc1cccc(CN2C[C@H]3C[C@@H](n4cc(CN(C)C)nn4)[C@H](OCC4CC4)C[C@H]3C2)c1. The van der Waals surface area contributed by atoms with Gasteiger partial charge in [0.05, 0.1) is 24.0 Å². The highest BCUT2D eigenvalue weighted by Crippen LogP contribution is 2.43. The summed E-state index contributed by atoms with van der Waals surface area (Å²) in [7, 11) is 4.15. The Kier molecular flexibility index (Phi) is 6.13. The van der Waals surface area contributed by atoms with E-state index in [1.165, 1.54) is 37.1 Å². The van der Waals surface area contributed by atoms with Gasteiger partial charge in [0.1, 0.15) is 0 Å². The minimum atomic E-state index is 0.259. The summed E-state index contributed by atoms with van der Waals surface area (Å²) in [6.45, 7) is 7.37. The molecule has 0 radical (unpaired) electrons. The van der Waals surface area contributed by atoms with Gasteiger partial charge in [-0.25, -0.2) is 4.68 Å². The zero-order valence-electron chi connectivity index (χ0n) is 19.3. The number of nitrogens with zero attached hydrogens (tertiary/aromatic N) is 5. The van der Waals surface area contributed by atoms with E-state index in [4.69, 9.17) is 4.74 Å². The molecule has 3 fully saturated rings. The molecule has 2 aliphatic carbocycles. The van der Waals surface area contributed by atoms with Crippen molar-refractivity contribution in [3.8, 4) is 0 Å². The van der Waals surface area contributed by atoms with Crippen molar-refractivity contribution >= 4 is 0 Å². The molecule has 0 spiro atoms. The number of fused-ring (bicyclic) bond motifs is 1. The molecule has 0 bridgehead atoms. The number of hydrogen-bond donors (Lipinski definition) is 0. The number of benzene rings is 1. The fraction of sp³-hybridized carbons (Fsp3) is 0.680. The Bertz CT molecular complexity index is 876. The van der Waals surface area contributed by atoms with Crippen LogP contribution >= 0.6 is 0 Å². The second-order valence-corrected chi connectivity index (χ2v) is 10.5. The lowest BCUT2D eigenvalue weighted by Gasteiger charge is -2.37. The summed E-state index contributed by atoms with van der Waals surface area (Å²) < 4.78 is 8.65. The van der Waals surface area contributed by atoms with Crippen LogP contribution < -0.4 is 0 Å². The molecule has 1 aliphatic heterocycles. The average Bonchev–Trinajstić information content (AvgIpc) is 3.30. The highest BCUT2D eigenvalue weighted by Gasteiger charge is 2.44. The monoisotopic (exact) mass is 423 g/mol. The predicted molar refractivity (Wildman–Crippen MR) is 122 cm³/mol. The van der Waals surface area contributed by atoms with Crippen molar-refractivity contribution < 1.29 is 4.74 Å². The Balaban J connectivity index is 1.28. The van der Waals surface area contributed by atoms with Crippen molar-refractivity contribution in [2.24, 2.45) is 17.8 Å². The van der Waals surface area contributed by atoms with E-state index in [0.29, 0.717) is 6.04 Å². The largest absolute Gasteiger partial charge is 0.376 e. The van der Waals surface area contributed by atoms with Gasteiger partial charge in [-0.05, 0) is 70.0 Å². The molecule has 5 rings (SSSR count). The molecule has 0 amide bonds. The molecule has 168 valence electrons. The molecular weight excluding hydrogens is 386 g/mol. The summed E-state index contributed by atoms with van der Waals surface area (Å²) in [6.07, 6.45) is 7.38. The standard InChI is InChI=1S/C25H37N5O/c1-18-5-4-6-20(9-18)12-29-13-21-10-24(30-16-23(26-27-30)15-28(2)3)25(11-22(21)14-29)31-17-19-7-8-19/h4-6,9,16,19,21-22,24-25H,7-8,10-15,17H2,1-3H3/t21-,22+,24-,25-/m1/s1. The lowest BCUT2D eigenvalue weighted by molar-refractivity contribution is -0.0375. The van der Waals surface area contributed by atoms with Crippen LogP contribution in [0.2, 0.25) is 0 Å². The Morgan fingerprint density at radius 3 is 2.68 bits per heavy atom. The molecule has 0 N–H and O–H groups in total. The van der Waals surface area contributed by atoms with Crippen LogP contribution in [0.1, 0.15) is 48.5 Å². The van der Waals surface area contributed by atoms with Gasteiger partial charge >= 0.3 is 0 Å². The van der Waals surface area contributed by atoms with E-state index in [2.05, 4.69) is 76.3 Å². The zero-order chi connectivity index (χ0) is 21.4. The zero-order valence-corrected chi connectivity index (χ0v) is 19.3. The van der Waals surface area contributed by atoms with E-state index < -0.39 is 0 Å². The first-order valence-electron chi connectivity index (χ1n) is 12.0. The Hall–Kier alpha value is -1.76. The Morgan fingerprint density at radius 1 is 1.13 bits per heavy atom. The van der Waals surface area contributed by atoms with Crippen LogP contribution in [0.15, 0.2) is 30.5 Å². The number of likely N-dealkylation sites (tertiary alicyclic amines) is 1. The molecule has 1 aromatic heterocycles. The average molecular weight is 424 g/mol. The number of ether oxygens (including phenoxy) is 1. The molecule has 1 aromatic carbocycles. The lowest BCUT2D eigenvalue weighted by atomic mass is 9.77. The van der Waals surface area contributed by atoms with Crippen molar-refractivity contribution in [2.75, 3.05) is 33.8 Å². The topological polar surface area (TPSA) is 46.4 Å². The normalized spacial score (nSPS) is 28.9. The van der Waals surface area contributed by atoms with Gasteiger partial charge in [0.25, 0.3) is 0 Å². The molecule has 2 saturated carbocycles. The highest BCUT2D eigenvalue weighted by atomic mass is 16.5. The molecule has 2 aromatic rings. The first-order valence-corrected chi connectivity index (χ1v) is 12.0. The summed E-state index contributed by atoms with van der Waals surface area (Å²) >= 11 is 0. The van der Waals surface area contributed by atoms with E-state index in [0.717, 1.165) is 56.0 Å². The van der Waals surface area contributed by atoms with Crippen LogP contribution in [0.5, 0.6) is 0 Å².